The van der Waals surface area contributed by atoms with Crippen molar-refractivity contribution in [1.82, 2.24) is 9.97 Å². The molecule has 0 atom stereocenters. The van der Waals surface area contributed by atoms with Gasteiger partial charge >= 0.3 is 11.3 Å². The molecule has 3 rings (SSSR count). The predicted octanol–water partition coefficient (Wildman–Crippen LogP) is 1.29. The minimum Gasteiger partial charge on any atom is -0.405 e. The Morgan fingerprint density at radius 2 is 2.00 bits per heavy atom. The van der Waals surface area contributed by atoms with Gasteiger partial charge in [-0.15, -0.1) is 0 Å². The number of H-pyrrole nitrogens is 2. The van der Waals surface area contributed by atoms with E-state index in [1.807, 2.05) is 0 Å². The summed E-state index contributed by atoms with van der Waals surface area (Å²) in [5, 5.41) is 0.269. The van der Waals surface area contributed by atoms with E-state index in [9.17, 15) is 14.4 Å². The quantitative estimate of drug-likeness (QED) is 0.879. The highest BCUT2D eigenvalue weighted by Crippen LogP contribution is 2.49. The zero-order chi connectivity index (χ0) is 14.3. The van der Waals surface area contributed by atoms with Gasteiger partial charge in [0.1, 0.15) is 5.39 Å². The molecule has 1 fully saturated rings. The Bertz CT molecular complexity index is 818. The van der Waals surface area contributed by atoms with Crippen molar-refractivity contribution in [2.45, 2.75) is 39.0 Å². The van der Waals surface area contributed by atoms with Gasteiger partial charge in [0.25, 0.3) is 5.56 Å². The molecule has 0 bridgehead atoms. The van der Waals surface area contributed by atoms with Crippen LogP contribution in [0.1, 0.15) is 38.2 Å². The van der Waals surface area contributed by atoms with Crippen molar-refractivity contribution in [1.29, 1.82) is 0 Å². The third kappa shape index (κ3) is 2.45. The molecule has 0 saturated heterocycles. The van der Waals surface area contributed by atoms with Crippen LogP contribution in [-0.2, 0) is 6.42 Å². The molecule has 6 heteroatoms. The van der Waals surface area contributed by atoms with E-state index in [0.717, 1.165) is 12.8 Å². The average Bonchev–Trinajstić information content (AvgIpc) is 3.05. The second-order valence-electron chi connectivity index (χ2n) is 5.87. The molecule has 1 saturated carbocycles. The Morgan fingerprint density at radius 3 is 2.70 bits per heavy atom. The maximum Gasteiger partial charge on any atom is 0.337 e. The Labute approximate surface area is 113 Å². The van der Waals surface area contributed by atoms with Gasteiger partial charge in [-0.25, -0.2) is 9.59 Å². The van der Waals surface area contributed by atoms with Crippen molar-refractivity contribution in [2.24, 2.45) is 5.41 Å². The molecule has 0 radical (unpaired) electrons. The van der Waals surface area contributed by atoms with Crippen LogP contribution in [0.5, 0.6) is 0 Å². The van der Waals surface area contributed by atoms with E-state index in [1.165, 1.54) is 18.9 Å². The van der Waals surface area contributed by atoms with Gasteiger partial charge in [0, 0.05) is 6.07 Å². The molecule has 106 valence electrons. The van der Waals surface area contributed by atoms with Gasteiger partial charge in [-0.2, -0.15) is 0 Å². The highest BCUT2D eigenvalue weighted by Gasteiger charge is 2.36. The lowest BCUT2D eigenvalue weighted by Crippen LogP contribution is -2.24. The Balaban J connectivity index is 1.98. The second kappa shape index (κ2) is 4.47. The summed E-state index contributed by atoms with van der Waals surface area (Å²) >= 11 is 0. The summed E-state index contributed by atoms with van der Waals surface area (Å²) in [6, 6.07) is 1.34. The van der Waals surface area contributed by atoms with Crippen LogP contribution in [0.4, 0.5) is 0 Å². The third-order valence-corrected chi connectivity index (χ3v) is 4.05. The number of nitrogens with one attached hydrogen (secondary N) is 2. The molecule has 1 aliphatic carbocycles. The lowest BCUT2D eigenvalue weighted by molar-refractivity contribution is 0.493. The Morgan fingerprint density at radius 1 is 1.25 bits per heavy atom. The van der Waals surface area contributed by atoms with Crippen molar-refractivity contribution >= 4 is 11.1 Å². The van der Waals surface area contributed by atoms with Crippen LogP contribution in [0.3, 0.4) is 0 Å². The molecule has 0 spiro atoms. The summed E-state index contributed by atoms with van der Waals surface area (Å²) in [6.45, 7) is 2.24. The number of hydrogen-bond donors (Lipinski definition) is 2. The van der Waals surface area contributed by atoms with Crippen molar-refractivity contribution in [2.75, 3.05) is 0 Å². The number of aromatic amines is 2. The van der Waals surface area contributed by atoms with Crippen LogP contribution in [0, 0.1) is 5.41 Å². The average molecular weight is 276 g/mol. The van der Waals surface area contributed by atoms with E-state index in [0.29, 0.717) is 17.4 Å². The molecule has 2 heterocycles. The normalized spacial score (nSPS) is 16.4. The first kappa shape index (κ1) is 12.9. The predicted molar refractivity (Wildman–Crippen MR) is 74.0 cm³/mol. The fourth-order valence-corrected chi connectivity index (χ4v) is 2.54. The number of aromatic nitrogens is 2. The molecule has 1 aliphatic rings. The van der Waals surface area contributed by atoms with Crippen LogP contribution >= 0.6 is 0 Å². The van der Waals surface area contributed by atoms with Crippen LogP contribution < -0.4 is 16.9 Å². The largest absolute Gasteiger partial charge is 0.405 e. The molecule has 2 aromatic heterocycles. The lowest BCUT2D eigenvalue weighted by Gasteiger charge is -2.08. The van der Waals surface area contributed by atoms with Crippen LogP contribution in [0.25, 0.3) is 11.1 Å². The summed E-state index contributed by atoms with van der Waals surface area (Å²) in [7, 11) is 0. The van der Waals surface area contributed by atoms with E-state index in [-0.39, 0.29) is 11.1 Å². The first-order valence-corrected chi connectivity index (χ1v) is 6.76. The SMILES string of the molecule is CC1(CCCc2cc(=O)oc3[nH]c(=O)[nH]c(=O)c23)CC1. The summed E-state index contributed by atoms with van der Waals surface area (Å²) in [4.78, 5) is 39.1. The van der Waals surface area contributed by atoms with Crippen molar-refractivity contribution in [3.63, 3.8) is 0 Å². The summed E-state index contributed by atoms with van der Waals surface area (Å²) in [5.74, 6) is 0. The molecule has 0 aliphatic heterocycles. The summed E-state index contributed by atoms with van der Waals surface area (Å²) in [6.07, 6.45) is 5.12. The van der Waals surface area contributed by atoms with E-state index >= 15 is 0 Å². The zero-order valence-corrected chi connectivity index (χ0v) is 11.2. The first-order chi connectivity index (χ1) is 9.47. The van der Waals surface area contributed by atoms with E-state index in [2.05, 4.69) is 16.9 Å². The number of rotatable bonds is 4. The molecule has 0 amide bonds. The van der Waals surface area contributed by atoms with Crippen molar-refractivity contribution in [3.8, 4) is 0 Å². The minimum atomic E-state index is -0.673. The van der Waals surface area contributed by atoms with Gasteiger partial charge in [-0.3, -0.25) is 14.8 Å². The standard InChI is InChI=1S/C14H16N2O4/c1-14(5-6-14)4-2-3-8-7-9(17)20-12-10(8)11(18)15-13(19)16-12/h7H,2-6H2,1H3,(H2,15,16,18,19). The molecule has 2 N–H and O–H groups in total. The Kier molecular flexibility index (Phi) is 2.88. The van der Waals surface area contributed by atoms with Crippen LogP contribution in [-0.4, -0.2) is 9.97 Å². The Hall–Kier alpha value is -2.11. The number of hydrogen-bond acceptors (Lipinski definition) is 4. The molecule has 0 aromatic carbocycles. The van der Waals surface area contributed by atoms with Gasteiger partial charge in [-0.05, 0) is 43.1 Å². The third-order valence-electron chi connectivity index (χ3n) is 4.05. The van der Waals surface area contributed by atoms with Gasteiger partial charge in [-0.1, -0.05) is 6.92 Å². The van der Waals surface area contributed by atoms with Gasteiger partial charge in [0.15, 0.2) is 0 Å². The smallest absolute Gasteiger partial charge is 0.337 e. The molecule has 20 heavy (non-hydrogen) atoms. The van der Waals surface area contributed by atoms with E-state index in [4.69, 9.17) is 4.42 Å². The van der Waals surface area contributed by atoms with Gasteiger partial charge < -0.3 is 4.42 Å². The van der Waals surface area contributed by atoms with Crippen LogP contribution in [0.15, 0.2) is 24.9 Å². The summed E-state index contributed by atoms with van der Waals surface area (Å²) in [5.41, 5.74) is -0.701. The van der Waals surface area contributed by atoms with E-state index < -0.39 is 16.9 Å². The molecular weight excluding hydrogens is 260 g/mol. The second-order valence-corrected chi connectivity index (χ2v) is 5.87. The molecule has 2 aromatic rings. The number of fused-ring (bicyclic) bond motifs is 1. The summed E-state index contributed by atoms with van der Waals surface area (Å²) < 4.78 is 4.89. The van der Waals surface area contributed by atoms with Crippen LogP contribution in [0.2, 0.25) is 0 Å². The molecule has 0 unspecified atom stereocenters. The van der Waals surface area contributed by atoms with Crippen molar-refractivity contribution < 1.29 is 4.42 Å². The fourth-order valence-electron chi connectivity index (χ4n) is 2.54. The topological polar surface area (TPSA) is 95.9 Å². The minimum absolute atomic E-state index is 0.0427. The molecular formula is C14H16N2O4. The fraction of sp³-hybridized carbons (Fsp3) is 0.500. The van der Waals surface area contributed by atoms with Crippen molar-refractivity contribution in [3.05, 3.63) is 42.9 Å². The van der Waals surface area contributed by atoms with Gasteiger partial charge in [0.05, 0.1) is 0 Å². The zero-order valence-electron chi connectivity index (χ0n) is 11.2. The maximum atomic E-state index is 11.9. The van der Waals surface area contributed by atoms with Gasteiger partial charge in [0.2, 0.25) is 5.71 Å². The van der Waals surface area contributed by atoms with E-state index in [1.54, 1.807) is 0 Å². The molecule has 6 nitrogen and oxygen atoms in total. The first-order valence-electron chi connectivity index (χ1n) is 6.76. The highest BCUT2D eigenvalue weighted by atomic mass is 16.4. The monoisotopic (exact) mass is 276 g/mol. The maximum absolute atomic E-state index is 11.9. The highest BCUT2D eigenvalue weighted by molar-refractivity contribution is 5.75. The lowest BCUT2D eigenvalue weighted by atomic mass is 9.98. The number of aryl methyl sites for hydroxylation is 1.